The van der Waals surface area contributed by atoms with E-state index in [1.54, 1.807) is 30.9 Å². The highest BCUT2D eigenvalue weighted by molar-refractivity contribution is 5.90. The minimum absolute atomic E-state index is 0.00540. The highest BCUT2D eigenvalue weighted by atomic mass is 16.5. The monoisotopic (exact) mass is 788 g/mol. The van der Waals surface area contributed by atoms with Gasteiger partial charge in [-0.05, 0) is 57.1 Å². The second-order valence-corrected chi connectivity index (χ2v) is 16.5. The molecule has 1 aromatic carbocycles. The fourth-order valence-corrected chi connectivity index (χ4v) is 8.05. The molecule has 1 fully saturated rings. The molecule has 0 aromatic heterocycles. The van der Waals surface area contributed by atoms with E-state index in [0.717, 1.165) is 18.4 Å². The van der Waals surface area contributed by atoms with Crippen LogP contribution in [0.25, 0.3) is 0 Å². The standard InChI is InChI=1S/C43H73N5O8/c1-15-29(8)38(47(11)42(52)36(26(2)3)45-41(51)37(27(4)5)46(10)28(6)7)34(54-12)25-35(49)48-23-19-22-33(48)39(55-13)30(9)40(50)44-32(43(53)56-14)24-31-20-17-16-18-21-31/h16-18,20-21,26-30,32-34,36-39H,15,19,22-25H2,1-14H3,(H,44,50)(H,45,51)/t29-,30?,32?,33?,34?,36-,37?,38-,39?/m0/s1. The van der Waals surface area contributed by atoms with Gasteiger partial charge in [0, 0.05) is 40.3 Å². The third kappa shape index (κ3) is 12.7. The summed E-state index contributed by atoms with van der Waals surface area (Å²) in [6.07, 6.45) is 1.07. The molecule has 1 aliphatic rings. The first-order valence-electron chi connectivity index (χ1n) is 20.4. The number of benzene rings is 1. The van der Waals surface area contributed by atoms with Gasteiger partial charge in [-0.15, -0.1) is 0 Å². The number of ether oxygens (including phenoxy) is 3. The van der Waals surface area contributed by atoms with Crippen LogP contribution in [0.3, 0.4) is 0 Å². The minimum Gasteiger partial charge on any atom is -0.467 e. The van der Waals surface area contributed by atoms with Crippen molar-refractivity contribution in [3.05, 3.63) is 35.9 Å². The maximum absolute atomic E-state index is 14.4. The van der Waals surface area contributed by atoms with Gasteiger partial charge in [-0.25, -0.2) is 4.79 Å². The average Bonchev–Trinajstić information content (AvgIpc) is 3.65. The van der Waals surface area contributed by atoms with Crippen LogP contribution in [0.15, 0.2) is 30.3 Å². The lowest BCUT2D eigenvalue weighted by molar-refractivity contribution is -0.149. The Morgan fingerprint density at radius 2 is 1.48 bits per heavy atom. The van der Waals surface area contributed by atoms with Crippen LogP contribution in [0.5, 0.6) is 0 Å². The predicted octanol–water partition coefficient (Wildman–Crippen LogP) is 4.31. The molecule has 4 amide bonds. The van der Waals surface area contributed by atoms with Gasteiger partial charge in [0.15, 0.2) is 0 Å². The summed E-state index contributed by atoms with van der Waals surface area (Å²) in [6.45, 7) is 18.2. The SMILES string of the molecule is CC[C@H](C)[C@@H](C(CC(=O)N1CCCC1C(OC)C(C)C(=O)NC(Cc1ccccc1)C(=O)OC)OC)N(C)C(=O)[C@@H](NC(=O)C(C(C)C)N(C)C(C)C)C(C)C. The normalized spacial score (nSPS) is 18.9. The van der Waals surface area contributed by atoms with E-state index in [4.69, 9.17) is 14.2 Å². The lowest BCUT2D eigenvalue weighted by Crippen LogP contribution is -2.60. The van der Waals surface area contributed by atoms with Crippen LogP contribution < -0.4 is 10.6 Å². The molecule has 2 rings (SSSR count). The third-order valence-electron chi connectivity index (χ3n) is 11.7. The van der Waals surface area contributed by atoms with Crippen LogP contribution in [-0.4, -0.2) is 135 Å². The maximum Gasteiger partial charge on any atom is 0.328 e. The van der Waals surface area contributed by atoms with E-state index in [-0.39, 0.29) is 60.3 Å². The van der Waals surface area contributed by atoms with Gasteiger partial charge in [0.25, 0.3) is 0 Å². The number of esters is 1. The summed E-state index contributed by atoms with van der Waals surface area (Å²) in [6, 6.07) is 6.58. The topological polar surface area (TPSA) is 147 Å². The van der Waals surface area contributed by atoms with Gasteiger partial charge in [0.1, 0.15) is 12.1 Å². The minimum atomic E-state index is -0.891. The molecular formula is C43H73N5O8. The summed E-state index contributed by atoms with van der Waals surface area (Å²) >= 11 is 0. The molecule has 2 N–H and O–H groups in total. The number of hydrogen-bond acceptors (Lipinski definition) is 9. The van der Waals surface area contributed by atoms with Gasteiger partial charge in [0.05, 0.1) is 49.8 Å². The highest BCUT2D eigenvalue weighted by Gasteiger charge is 2.43. The fourth-order valence-electron chi connectivity index (χ4n) is 8.05. The number of amides is 4. The van der Waals surface area contributed by atoms with E-state index in [9.17, 15) is 24.0 Å². The Labute approximate surface area is 336 Å². The summed E-state index contributed by atoms with van der Waals surface area (Å²) < 4.78 is 17.0. The summed E-state index contributed by atoms with van der Waals surface area (Å²) in [5.41, 5.74) is 0.876. The fraction of sp³-hybridized carbons (Fsp3) is 0.744. The van der Waals surface area contributed by atoms with Gasteiger partial charge < -0.3 is 34.6 Å². The number of methoxy groups -OCH3 is 3. The molecule has 13 nitrogen and oxygen atoms in total. The molecule has 13 heteroatoms. The van der Waals surface area contributed by atoms with Crippen molar-refractivity contribution in [2.75, 3.05) is 42.0 Å². The molecular weight excluding hydrogens is 714 g/mol. The molecule has 1 aliphatic heterocycles. The number of carbonyl (C=O) groups is 5. The number of likely N-dealkylation sites (N-methyl/N-ethyl adjacent to an activating group) is 2. The Bertz CT molecular complexity index is 1410. The van der Waals surface area contributed by atoms with Gasteiger partial charge in [-0.3, -0.25) is 24.1 Å². The van der Waals surface area contributed by atoms with Crippen LogP contribution in [0.2, 0.25) is 0 Å². The van der Waals surface area contributed by atoms with Crippen molar-refractivity contribution in [2.45, 2.75) is 143 Å². The smallest absolute Gasteiger partial charge is 0.328 e. The molecule has 0 aliphatic carbocycles. The molecule has 0 spiro atoms. The van der Waals surface area contributed by atoms with E-state index in [1.807, 2.05) is 97.7 Å². The first-order valence-corrected chi connectivity index (χ1v) is 20.4. The molecule has 0 saturated carbocycles. The van der Waals surface area contributed by atoms with Gasteiger partial charge in [-0.2, -0.15) is 0 Å². The van der Waals surface area contributed by atoms with Crippen LogP contribution in [0.4, 0.5) is 0 Å². The molecule has 56 heavy (non-hydrogen) atoms. The largest absolute Gasteiger partial charge is 0.467 e. The number of nitrogens with zero attached hydrogens (tertiary/aromatic N) is 3. The number of nitrogens with one attached hydrogen (secondary N) is 2. The number of likely N-dealkylation sites (tertiary alicyclic amines) is 1. The van der Waals surface area contributed by atoms with Crippen molar-refractivity contribution >= 4 is 29.6 Å². The average molecular weight is 788 g/mol. The van der Waals surface area contributed by atoms with Crippen molar-refractivity contribution in [3.8, 4) is 0 Å². The lowest BCUT2D eigenvalue weighted by Gasteiger charge is -2.41. The first kappa shape index (κ1) is 48.6. The van der Waals surface area contributed by atoms with E-state index in [0.29, 0.717) is 13.0 Å². The van der Waals surface area contributed by atoms with E-state index >= 15 is 0 Å². The van der Waals surface area contributed by atoms with Gasteiger partial charge in [0.2, 0.25) is 23.6 Å². The Kier molecular flexibility index (Phi) is 20.0. The molecule has 1 heterocycles. The van der Waals surface area contributed by atoms with Crippen molar-refractivity contribution in [2.24, 2.45) is 23.7 Å². The Balaban J connectivity index is 2.30. The Morgan fingerprint density at radius 3 is 1.98 bits per heavy atom. The van der Waals surface area contributed by atoms with Crippen molar-refractivity contribution in [3.63, 3.8) is 0 Å². The quantitative estimate of drug-likeness (QED) is 0.164. The molecule has 318 valence electrons. The van der Waals surface area contributed by atoms with Gasteiger partial charge in [-0.1, -0.05) is 85.2 Å². The van der Waals surface area contributed by atoms with Crippen LogP contribution in [0.1, 0.15) is 93.6 Å². The first-order chi connectivity index (χ1) is 26.4. The number of carbonyl (C=O) groups excluding carboxylic acids is 5. The van der Waals surface area contributed by atoms with E-state index in [1.165, 1.54) is 14.2 Å². The predicted molar refractivity (Wildman–Crippen MR) is 219 cm³/mol. The molecule has 1 saturated heterocycles. The zero-order chi connectivity index (χ0) is 42.4. The van der Waals surface area contributed by atoms with E-state index < -0.39 is 54.3 Å². The van der Waals surface area contributed by atoms with Crippen LogP contribution >= 0.6 is 0 Å². The Hall–Kier alpha value is -3.55. The number of hydrogen-bond donors (Lipinski definition) is 2. The van der Waals surface area contributed by atoms with Crippen molar-refractivity contribution in [1.82, 2.24) is 25.3 Å². The van der Waals surface area contributed by atoms with Crippen molar-refractivity contribution in [1.29, 1.82) is 0 Å². The molecule has 9 atom stereocenters. The third-order valence-corrected chi connectivity index (χ3v) is 11.7. The summed E-state index contributed by atoms with van der Waals surface area (Å²) in [5.74, 6) is -2.42. The summed E-state index contributed by atoms with van der Waals surface area (Å²) in [5, 5.41) is 5.95. The maximum atomic E-state index is 14.4. The highest BCUT2D eigenvalue weighted by Crippen LogP contribution is 2.30. The second-order valence-electron chi connectivity index (χ2n) is 16.5. The number of rotatable bonds is 22. The second kappa shape index (κ2) is 23.0. The molecule has 0 radical (unpaired) electrons. The zero-order valence-electron chi connectivity index (χ0n) is 36.7. The van der Waals surface area contributed by atoms with E-state index in [2.05, 4.69) is 10.6 Å². The molecule has 6 unspecified atom stereocenters. The Morgan fingerprint density at radius 1 is 0.857 bits per heavy atom. The van der Waals surface area contributed by atoms with Crippen LogP contribution in [0, 0.1) is 23.7 Å². The summed E-state index contributed by atoms with van der Waals surface area (Å²) in [4.78, 5) is 74.2. The summed E-state index contributed by atoms with van der Waals surface area (Å²) in [7, 11) is 8.04. The molecule has 1 aromatic rings. The van der Waals surface area contributed by atoms with Gasteiger partial charge >= 0.3 is 5.97 Å². The van der Waals surface area contributed by atoms with Crippen LogP contribution in [-0.2, 0) is 44.6 Å². The molecule has 0 bridgehead atoms. The lowest BCUT2D eigenvalue weighted by atomic mass is 9.89. The zero-order valence-corrected chi connectivity index (χ0v) is 36.7. The van der Waals surface area contributed by atoms with Crippen molar-refractivity contribution < 1.29 is 38.2 Å².